The lowest BCUT2D eigenvalue weighted by atomic mass is 10.0. The van der Waals surface area contributed by atoms with Crippen molar-refractivity contribution in [1.82, 2.24) is 24.5 Å². The fourth-order valence-corrected chi connectivity index (χ4v) is 3.01. The Balaban J connectivity index is 1.71. The first kappa shape index (κ1) is 14.1. The van der Waals surface area contributed by atoms with Crippen LogP contribution in [0, 0.1) is 5.92 Å². The van der Waals surface area contributed by atoms with Gasteiger partial charge in [0.15, 0.2) is 5.65 Å². The fraction of sp³-hybridized carbons (Fsp3) is 0.643. The zero-order chi connectivity index (χ0) is 14.8. The standard InChI is InChI=1S/C14H23N7/c1-10(2)11(20-5-3-4-6-20)8-16-12-7-13-19-17-9-21(13)14(15)18-12/h7,9-11,16H,3-6,8H2,1-2H3,(H2,15,18). The predicted octanol–water partition coefficient (Wildman–Crippen LogP) is 1.24. The minimum atomic E-state index is 0.405. The molecule has 0 spiro atoms. The number of aromatic nitrogens is 4. The number of nitrogens with two attached hydrogens (primary N) is 1. The van der Waals surface area contributed by atoms with Gasteiger partial charge in [-0.15, -0.1) is 10.2 Å². The van der Waals surface area contributed by atoms with Crippen molar-refractivity contribution in [2.75, 3.05) is 30.7 Å². The Morgan fingerprint density at radius 2 is 2.10 bits per heavy atom. The Hall–Kier alpha value is -1.89. The first-order valence-electron chi connectivity index (χ1n) is 7.59. The number of anilines is 2. The van der Waals surface area contributed by atoms with Gasteiger partial charge in [0.2, 0.25) is 5.95 Å². The Kier molecular flexibility index (Phi) is 3.92. The van der Waals surface area contributed by atoms with E-state index < -0.39 is 0 Å². The van der Waals surface area contributed by atoms with Crippen LogP contribution in [0.2, 0.25) is 0 Å². The molecule has 2 aromatic heterocycles. The summed E-state index contributed by atoms with van der Waals surface area (Å²) in [6, 6.07) is 2.40. The van der Waals surface area contributed by atoms with Crippen molar-refractivity contribution in [3.05, 3.63) is 12.4 Å². The highest BCUT2D eigenvalue weighted by Gasteiger charge is 2.24. The third-order valence-electron chi connectivity index (χ3n) is 4.19. The van der Waals surface area contributed by atoms with Crippen LogP contribution in [0.4, 0.5) is 11.8 Å². The van der Waals surface area contributed by atoms with Gasteiger partial charge in [0.1, 0.15) is 12.1 Å². The molecule has 0 amide bonds. The van der Waals surface area contributed by atoms with Crippen molar-refractivity contribution >= 4 is 17.4 Å². The molecule has 3 heterocycles. The molecule has 1 saturated heterocycles. The summed E-state index contributed by atoms with van der Waals surface area (Å²) in [5, 5.41) is 11.3. The maximum atomic E-state index is 5.91. The smallest absolute Gasteiger partial charge is 0.209 e. The van der Waals surface area contributed by atoms with Crippen molar-refractivity contribution in [3.63, 3.8) is 0 Å². The normalized spacial score (nSPS) is 17.7. The number of rotatable bonds is 5. The van der Waals surface area contributed by atoms with E-state index in [0.717, 1.165) is 12.4 Å². The lowest BCUT2D eigenvalue weighted by Crippen LogP contribution is -2.42. The topological polar surface area (TPSA) is 84.4 Å². The maximum absolute atomic E-state index is 5.91. The van der Waals surface area contributed by atoms with Gasteiger partial charge in [0.05, 0.1) is 0 Å². The lowest BCUT2D eigenvalue weighted by molar-refractivity contribution is 0.201. The van der Waals surface area contributed by atoms with E-state index in [2.05, 4.69) is 39.2 Å². The summed E-state index contributed by atoms with van der Waals surface area (Å²) in [7, 11) is 0. The van der Waals surface area contributed by atoms with E-state index in [0.29, 0.717) is 23.6 Å². The van der Waals surface area contributed by atoms with Crippen LogP contribution in [0.15, 0.2) is 12.4 Å². The molecule has 3 rings (SSSR count). The van der Waals surface area contributed by atoms with Crippen LogP contribution in [0.25, 0.3) is 5.65 Å². The monoisotopic (exact) mass is 289 g/mol. The predicted molar refractivity (Wildman–Crippen MR) is 83.1 cm³/mol. The van der Waals surface area contributed by atoms with Crippen molar-refractivity contribution in [2.45, 2.75) is 32.7 Å². The SMILES string of the molecule is CC(C)C(CNc1cc2nncn2c(N)n1)N1CCCC1. The van der Waals surface area contributed by atoms with Crippen LogP contribution >= 0.6 is 0 Å². The molecule has 7 heteroatoms. The minimum Gasteiger partial charge on any atom is -0.369 e. The average Bonchev–Trinajstić information content (AvgIpc) is 3.09. The van der Waals surface area contributed by atoms with Crippen LogP contribution in [0.5, 0.6) is 0 Å². The fourth-order valence-electron chi connectivity index (χ4n) is 3.01. The molecule has 0 saturated carbocycles. The Bertz CT molecular complexity index is 600. The molecule has 0 radical (unpaired) electrons. The van der Waals surface area contributed by atoms with Gasteiger partial charge in [-0.3, -0.25) is 9.30 Å². The Morgan fingerprint density at radius 3 is 2.81 bits per heavy atom. The van der Waals surface area contributed by atoms with Crippen LogP contribution in [0.3, 0.4) is 0 Å². The number of nitrogen functional groups attached to an aromatic ring is 1. The van der Waals surface area contributed by atoms with Crippen molar-refractivity contribution in [3.8, 4) is 0 Å². The molecule has 0 aromatic carbocycles. The van der Waals surface area contributed by atoms with Gasteiger partial charge in [0.25, 0.3) is 0 Å². The second-order valence-corrected chi connectivity index (χ2v) is 5.99. The van der Waals surface area contributed by atoms with Gasteiger partial charge in [-0.25, -0.2) is 0 Å². The number of hydrogen-bond donors (Lipinski definition) is 2. The quantitative estimate of drug-likeness (QED) is 0.861. The summed E-state index contributed by atoms with van der Waals surface area (Å²) in [5.74, 6) is 1.77. The molecule has 114 valence electrons. The van der Waals surface area contributed by atoms with E-state index in [4.69, 9.17) is 5.73 Å². The number of nitrogens with one attached hydrogen (secondary N) is 1. The molecule has 1 unspecified atom stereocenters. The number of hydrogen-bond acceptors (Lipinski definition) is 6. The Labute approximate surface area is 124 Å². The van der Waals surface area contributed by atoms with Gasteiger partial charge < -0.3 is 11.1 Å². The summed E-state index contributed by atoms with van der Waals surface area (Å²) in [4.78, 5) is 6.93. The van der Waals surface area contributed by atoms with Crippen molar-refractivity contribution in [1.29, 1.82) is 0 Å². The first-order chi connectivity index (χ1) is 10.1. The van der Waals surface area contributed by atoms with Gasteiger partial charge >= 0.3 is 0 Å². The largest absolute Gasteiger partial charge is 0.369 e. The summed E-state index contributed by atoms with van der Waals surface area (Å²) >= 11 is 0. The van der Waals surface area contributed by atoms with Crippen LogP contribution in [-0.2, 0) is 0 Å². The minimum absolute atomic E-state index is 0.405. The summed E-state index contributed by atoms with van der Waals surface area (Å²) < 4.78 is 1.67. The summed E-state index contributed by atoms with van der Waals surface area (Å²) in [6.45, 7) is 7.81. The van der Waals surface area contributed by atoms with Crippen molar-refractivity contribution < 1.29 is 0 Å². The third kappa shape index (κ3) is 2.92. The van der Waals surface area contributed by atoms with E-state index in [-0.39, 0.29) is 0 Å². The third-order valence-corrected chi connectivity index (χ3v) is 4.19. The molecule has 7 nitrogen and oxygen atoms in total. The second-order valence-electron chi connectivity index (χ2n) is 5.99. The highest BCUT2D eigenvalue weighted by Crippen LogP contribution is 2.19. The molecule has 0 bridgehead atoms. The number of likely N-dealkylation sites (tertiary alicyclic amines) is 1. The zero-order valence-corrected chi connectivity index (χ0v) is 12.7. The van der Waals surface area contributed by atoms with E-state index >= 15 is 0 Å². The van der Waals surface area contributed by atoms with Crippen LogP contribution in [0.1, 0.15) is 26.7 Å². The van der Waals surface area contributed by atoms with E-state index in [9.17, 15) is 0 Å². The van der Waals surface area contributed by atoms with Crippen LogP contribution < -0.4 is 11.1 Å². The lowest BCUT2D eigenvalue weighted by Gasteiger charge is -2.31. The van der Waals surface area contributed by atoms with Gasteiger partial charge in [-0.05, 0) is 31.8 Å². The zero-order valence-electron chi connectivity index (χ0n) is 12.7. The molecule has 0 aliphatic carbocycles. The summed E-state index contributed by atoms with van der Waals surface area (Å²) in [5.41, 5.74) is 6.63. The molecule has 2 aromatic rings. The van der Waals surface area contributed by atoms with E-state index in [1.165, 1.54) is 25.9 Å². The highest BCUT2D eigenvalue weighted by molar-refractivity contribution is 5.53. The molecule has 1 aliphatic heterocycles. The molecule has 21 heavy (non-hydrogen) atoms. The van der Waals surface area contributed by atoms with Gasteiger partial charge in [-0.2, -0.15) is 4.98 Å². The van der Waals surface area contributed by atoms with Crippen LogP contribution in [-0.4, -0.2) is 50.2 Å². The molecule has 1 aliphatic rings. The van der Waals surface area contributed by atoms with E-state index in [1.807, 2.05) is 6.07 Å². The summed E-state index contributed by atoms with van der Waals surface area (Å²) in [6.07, 6.45) is 4.18. The first-order valence-corrected chi connectivity index (χ1v) is 7.59. The Morgan fingerprint density at radius 1 is 1.33 bits per heavy atom. The van der Waals surface area contributed by atoms with E-state index in [1.54, 1.807) is 10.7 Å². The molecule has 1 fully saturated rings. The van der Waals surface area contributed by atoms with Gasteiger partial charge in [-0.1, -0.05) is 13.8 Å². The highest BCUT2D eigenvalue weighted by atomic mass is 15.3. The molecular weight excluding hydrogens is 266 g/mol. The molecule has 3 N–H and O–H groups in total. The number of fused-ring (bicyclic) bond motifs is 1. The maximum Gasteiger partial charge on any atom is 0.209 e. The number of nitrogens with zero attached hydrogens (tertiary/aromatic N) is 5. The molecule has 1 atom stereocenters. The molecular formula is C14H23N7. The second kappa shape index (κ2) is 5.85. The average molecular weight is 289 g/mol. The van der Waals surface area contributed by atoms with Crippen molar-refractivity contribution in [2.24, 2.45) is 5.92 Å². The van der Waals surface area contributed by atoms with Gasteiger partial charge in [0, 0.05) is 18.7 Å².